The van der Waals surface area contributed by atoms with Crippen LogP contribution >= 0.6 is 23.4 Å². The highest BCUT2D eigenvalue weighted by Gasteiger charge is 2.44. The second-order valence-corrected chi connectivity index (χ2v) is 6.07. The van der Waals surface area contributed by atoms with Crippen LogP contribution in [0.15, 0.2) is 23.1 Å². The number of nitrogens with zero attached hydrogens (tertiary/aromatic N) is 1. The van der Waals surface area contributed by atoms with Crippen LogP contribution in [0.4, 0.5) is 0 Å². The second-order valence-electron chi connectivity index (χ2n) is 4.61. The van der Waals surface area contributed by atoms with E-state index in [9.17, 15) is 4.79 Å². The molecule has 0 saturated heterocycles. The van der Waals surface area contributed by atoms with Gasteiger partial charge in [-0.05, 0) is 36.5 Å². The summed E-state index contributed by atoms with van der Waals surface area (Å²) in [5, 5.41) is 18.4. The molecule has 1 N–H and O–H groups in total. The highest BCUT2D eigenvalue weighted by Crippen LogP contribution is 2.52. The van der Waals surface area contributed by atoms with Gasteiger partial charge in [-0.1, -0.05) is 11.6 Å². The molecule has 5 heteroatoms. The number of aliphatic carboxylic acids is 1. The molecule has 0 atom stereocenters. The maximum Gasteiger partial charge on any atom is 0.303 e. The van der Waals surface area contributed by atoms with Gasteiger partial charge in [0.05, 0.1) is 12.0 Å². The molecule has 0 spiro atoms. The SMILES string of the molecule is N#Cc1cc(Cl)ccc1SCC1(CC(=O)O)CC1. The fraction of sp³-hybridized carbons (Fsp3) is 0.385. The van der Waals surface area contributed by atoms with E-state index in [-0.39, 0.29) is 11.8 Å². The number of nitriles is 1. The molecule has 2 rings (SSSR count). The molecule has 0 bridgehead atoms. The van der Waals surface area contributed by atoms with Gasteiger partial charge < -0.3 is 5.11 Å². The number of benzene rings is 1. The first-order valence-corrected chi connectivity index (χ1v) is 6.95. The summed E-state index contributed by atoms with van der Waals surface area (Å²) in [6.07, 6.45) is 2.14. The summed E-state index contributed by atoms with van der Waals surface area (Å²) >= 11 is 7.38. The summed E-state index contributed by atoms with van der Waals surface area (Å²) in [7, 11) is 0. The Kier molecular flexibility index (Phi) is 3.84. The van der Waals surface area contributed by atoms with Gasteiger partial charge in [0.15, 0.2) is 0 Å². The topological polar surface area (TPSA) is 61.1 Å². The van der Waals surface area contributed by atoms with Crippen LogP contribution in [0.2, 0.25) is 5.02 Å². The monoisotopic (exact) mass is 281 g/mol. The van der Waals surface area contributed by atoms with Crippen molar-refractivity contribution in [3.8, 4) is 6.07 Å². The minimum absolute atomic E-state index is 0.0666. The maximum atomic E-state index is 10.8. The van der Waals surface area contributed by atoms with Gasteiger partial charge in [0.1, 0.15) is 6.07 Å². The molecule has 0 radical (unpaired) electrons. The van der Waals surface area contributed by atoms with E-state index in [1.54, 1.807) is 23.9 Å². The summed E-state index contributed by atoms with van der Waals surface area (Å²) in [5.41, 5.74) is 0.488. The van der Waals surface area contributed by atoms with Crippen molar-refractivity contribution in [2.45, 2.75) is 24.2 Å². The lowest BCUT2D eigenvalue weighted by Crippen LogP contribution is -2.11. The molecule has 94 valence electrons. The van der Waals surface area contributed by atoms with Crippen molar-refractivity contribution in [1.82, 2.24) is 0 Å². The standard InChI is InChI=1S/C13H12ClNO2S/c14-10-1-2-11(9(5-10)7-15)18-8-13(3-4-13)6-12(16)17/h1-2,5H,3-4,6,8H2,(H,16,17). The summed E-state index contributed by atoms with van der Waals surface area (Å²) in [6, 6.07) is 7.33. The molecule has 1 aliphatic rings. The summed E-state index contributed by atoms with van der Waals surface area (Å²) in [6.45, 7) is 0. The lowest BCUT2D eigenvalue weighted by atomic mass is 10.1. The molecular formula is C13H12ClNO2S. The van der Waals surface area contributed by atoms with Gasteiger partial charge in [0.2, 0.25) is 0 Å². The zero-order valence-electron chi connectivity index (χ0n) is 9.65. The fourth-order valence-electron chi connectivity index (χ4n) is 1.82. The molecular weight excluding hydrogens is 270 g/mol. The van der Waals surface area contributed by atoms with Crippen molar-refractivity contribution in [1.29, 1.82) is 5.26 Å². The zero-order valence-corrected chi connectivity index (χ0v) is 11.2. The molecule has 3 nitrogen and oxygen atoms in total. The molecule has 1 aliphatic carbocycles. The minimum atomic E-state index is -0.746. The first-order chi connectivity index (χ1) is 8.54. The maximum absolute atomic E-state index is 10.8. The van der Waals surface area contributed by atoms with Crippen molar-refractivity contribution >= 4 is 29.3 Å². The average molecular weight is 282 g/mol. The van der Waals surface area contributed by atoms with E-state index in [0.717, 1.165) is 23.5 Å². The van der Waals surface area contributed by atoms with Crippen LogP contribution < -0.4 is 0 Å². The van der Waals surface area contributed by atoms with Crippen molar-refractivity contribution < 1.29 is 9.90 Å². The number of rotatable bonds is 5. The molecule has 0 amide bonds. The van der Waals surface area contributed by atoms with Crippen LogP contribution in [0.3, 0.4) is 0 Å². The van der Waals surface area contributed by atoms with E-state index in [1.807, 2.05) is 6.07 Å². The van der Waals surface area contributed by atoms with Gasteiger partial charge in [-0.25, -0.2) is 0 Å². The third-order valence-corrected chi connectivity index (χ3v) is 4.74. The number of hydrogen-bond acceptors (Lipinski definition) is 3. The highest BCUT2D eigenvalue weighted by atomic mass is 35.5. The number of carbonyl (C=O) groups is 1. The third kappa shape index (κ3) is 3.18. The first-order valence-electron chi connectivity index (χ1n) is 5.59. The van der Waals surface area contributed by atoms with Crippen LogP contribution in [0.5, 0.6) is 0 Å². The van der Waals surface area contributed by atoms with E-state index in [0.29, 0.717) is 10.6 Å². The molecule has 18 heavy (non-hydrogen) atoms. The Balaban J connectivity index is 2.03. The summed E-state index contributed by atoms with van der Waals surface area (Å²) in [5.74, 6) is 0.0000109. The van der Waals surface area contributed by atoms with Crippen LogP contribution in [-0.2, 0) is 4.79 Å². The van der Waals surface area contributed by atoms with Crippen LogP contribution in [0.1, 0.15) is 24.8 Å². The molecule has 0 aliphatic heterocycles. The van der Waals surface area contributed by atoms with Crippen molar-refractivity contribution in [2.24, 2.45) is 5.41 Å². The van der Waals surface area contributed by atoms with Crippen LogP contribution in [0, 0.1) is 16.7 Å². The van der Waals surface area contributed by atoms with E-state index in [4.69, 9.17) is 22.0 Å². The number of thioether (sulfide) groups is 1. The summed E-state index contributed by atoms with van der Waals surface area (Å²) in [4.78, 5) is 11.6. The number of carboxylic acids is 1. The van der Waals surface area contributed by atoms with Crippen LogP contribution in [-0.4, -0.2) is 16.8 Å². The molecule has 0 unspecified atom stereocenters. The van der Waals surface area contributed by atoms with Gasteiger partial charge in [-0.15, -0.1) is 11.8 Å². The van der Waals surface area contributed by atoms with E-state index in [2.05, 4.69) is 6.07 Å². The first kappa shape index (κ1) is 13.3. The quantitative estimate of drug-likeness (QED) is 0.838. The Morgan fingerprint density at radius 3 is 2.83 bits per heavy atom. The van der Waals surface area contributed by atoms with Gasteiger partial charge in [0, 0.05) is 15.7 Å². The smallest absolute Gasteiger partial charge is 0.303 e. The Morgan fingerprint density at radius 1 is 1.56 bits per heavy atom. The zero-order chi connectivity index (χ0) is 13.2. The van der Waals surface area contributed by atoms with Gasteiger partial charge in [-0.2, -0.15) is 5.26 Å². The van der Waals surface area contributed by atoms with Crippen molar-refractivity contribution in [3.05, 3.63) is 28.8 Å². The third-order valence-electron chi connectivity index (χ3n) is 3.08. The van der Waals surface area contributed by atoms with Crippen molar-refractivity contribution in [3.63, 3.8) is 0 Å². The van der Waals surface area contributed by atoms with Gasteiger partial charge in [0.25, 0.3) is 0 Å². The Morgan fingerprint density at radius 2 is 2.28 bits per heavy atom. The average Bonchev–Trinajstić information content (AvgIpc) is 3.06. The predicted molar refractivity (Wildman–Crippen MR) is 70.8 cm³/mol. The van der Waals surface area contributed by atoms with Gasteiger partial charge >= 0.3 is 5.97 Å². The Labute approximate surface area is 115 Å². The number of carboxylic acid groups (broad SMARTS) is 1. The fourth-order valence-corrected chi connectivity index (χ4v) is 3.26. The molecule has 1 saturated carbocycles. The lowest BCUT2D eigenvalue weighted by molar-refractivity contribution is -0.138. The number of hydrogen-bond donors (Lipinski definition) is 1. The minimum Gasteiger partial charge on any atom is -0.481 e. The molecule has 0 heterocycles. The van der Waals surface area contributed by atoms with Gasteiger partial charge in [-0.3, -0.25) is 4.79 Å². The molecule has 1 aromatic rings. The van der Waals surface area contributed by atoms with E-state index in [1.165, 1.54) is 0 Å². The largest absolute Gasteiger partial charge is 0.481 e. The normalized spacial score (nSPS) is 16.0. The second kappa shape index (κ2) is 5.21. The molecule has 1 aromatic carbocycles. The summed E-state index contributed by atoms with van der Waals surface area (Å²) < 4.78 is 0. The van der Waals surface area contributed by atoms with Crippen LogP contribution in [0.25, 0.3) is 0 Å². The number of halogens is 1. The van der Waals surface area contributed by atoms with E-state index >= 15 is 0 Å². The van der Waals surface area contributed by atoms with E-state index < -0.39 is 5.97 Å². The molecule has 1 fully saturated rings. The Hall–Kier alpha value is -1.18. The van der Waals surface area contributed by atoms with Crippen molar-refractivity contribution in [2.75, 3.05) is 5.75 Å². The Bertz CT molecular complexity index is 520. The predicted octanol–water partition coefficient (Wildman–Crippen LogP) is 3.56. The molecule has 0 aromatic heterocycles. The lowest BCUT2D eigenvalue weighted by Gasteiger charge is -2.12. The highest BCUT2D eigenvalue weighted by molar-refractivity contribution is 7.99.